The summed E-state index contributed by atoms with van der Waals surface area (Å²) in [5.41, 5.74) is 4.29. The highest BCUT2D eigenvalue weighted by atomic mass is 16.5. The van der Waals surface area contributed by atoms with Crippen molar-refractivity contribution in [1.29, 1.82) is 0 Å². The number of fused-ring (bicyclic) bond motifs is 1. The molecule has 0 aliphatic carbocycles. The minimum absolute atomic E-state index is 0.199. The van der Waals surface area contributed by atoms with Gasteiger partial charge >= 0.3 is 6.03 Å². The molecule has 1 unspecified atom stereocenters. The number of methoxy groups -OCH3 is 2. The molecule has 180 valence electrons. The predicted octanol–water partition coefficient (Wildman–Crippen LogP) is 3.69. The molecule has 0 bridgehead atoms. The molecule has 9 nitrogen and oxygen atoms in total. The number of rotatable bonds is 5. The van der Waals surface area contributed by atoms with Crippen LogP contribution in [0.4, 0.5) is 10.5 Å². The van der Waals surface area contributed by atoms with Crippen molar-refractivity contribution in [2.75, 3.05) is 26.6 Å². The number of benzene rings is 2. The molecule has 3 amide bonds. The number of pyridine rings is 1. The van der Waals surface area contributed by atoms with Crippen LogP contribution >= 0.6 is 0 Å². The zero-order valence-electron chi connectivity index (χ0n) is 20.0. The van der Waals surface area contributed by atoms with Crippen LogP contribution < -0.4 is 20.1 Å². The minimum Gasteiger partial charge on any atom is -0.493 e. The molecule has 3 aromatic rings. The Hall–Kier alpha value is -4.40. The summed E-state index contributed by atoms with van der Waals surface area (Å²) in [4.78, 5) is 29.3. The lowest BCUT2D eigenvalue weighted by molar-refractivity contribution is 0.102. The molecule has 0 saturated heterocycles. The molecule has 0 spiro atoms. The first-order valence-corrected chi connectivity index (χ1v) is 11.1. The fourth-order valence-corrected chi connectivity index (χ4v) is 3.97. The normalized spacial score (nSPS) is 14.8. The minimum atomic E-state index is -0.310. The van der Waals surface area contributed by atoms with Gasteiger partial charge in [0.2, 0.25) is 0 Å². The van der Waals surface area contributed by atoms with Crippen molar-refractivity contribution in [2.45, 2.75) is 19.4 Å². The van der Waals surface area contributed by atoms with E-state index in [9.17, 15) is 9.59 Å². The summed E-state index contributed by atoms with van der Waals surface area (Å²) in [5.74, 6) is 0.931. The van der Waals surface area contributed by atoms with E-state index in [4.69, 9.17) is 14.6 Å². The van der Waals surface area contributed by atoms with Gasteiger partial charge in [0, 0.05) is 41.8 Å². The summed E-state index contributed by atoms with van der Waals surface area (Å²) in [6, 6.07) is 13.8. The van der Waals surface area contributed by atoms with Crippen molar-refractivity contribution in [2.24, 2.45) is 5.10 Å². The lowest BCUT2D eigenvalue weighted by Crippen LogP contribution is -2.41. The number of carbonyl (C=O) groups is 2. The summed E-state index contributed by atoms with van der Waals surface area (Å²) in [7, 11) is 4.74. The maximum Gasteiger partial charge on any atom is 0.337 e. The molecule has 35 heavy (non-hydrogen) atoms. The highest BCUT2D eigenvalue weighted by Crippen LogP contribution is 2.34. The van der Waals surface area contributed by atoms with Crippen LogP contribution in [0, 0.1) is 0 Å². The van der Waals surface area contributed by atoms with Gasteiger partial charge in [0.25, 0.3) is 5.91 Å². The quantitative estimate of drug-likeness (QED) is 0.588. The lowest BCUT2D eigenvalue weighted by atomic mass is 9.93. The van der Waals surface area contributed by atoms with Crippen LogP contribution in [-0.2, 0) is 6.42 Å². The molecule has 9 heteroatoms. The van der Waals surface area contributed by atoms with Gasteiger partial charge in [-0.05, 0) is 55.3 Å². The van der Waals surface area contributed by atoms with Gasteiger partial charge in [0.15, 0.2) is 11.5 Å². The number of aromatic nitrogens is 1. The maximum atomic E-state index is 12.7. The Labute approximate surface area is 203 Å². The standard InChI is InChI=1S/C26H27N5O4/c1-16-13-19-14-22(34-3)23(35-4)15-21(19)24(30-31(16)26(33)27-2)17-5-7-18(8-6-17)25(32)29-20-9-11-28-12-10-20/h5-12,14-16H,13H2,1-4H3,(H,27,33)(H,28,29,32). The monoisotopic (exact) mass is 473 g/mol. The SMILES string of the molecule is CNC(=O)N1N=C(c2ccc(C(=O)Nc3ccncc3)cc2)c2cc(OC)c(OC)cc2CC1C. The highest BCUT2D eigenvalue weighted by molar-refractivity contribution is 6.15. The number of hydrogen-bond acceptors (Lipinski definition) is 6. The van der Waals surface area contributed by atoms with E-state index in [0.29, 0.717) is 34.9 Å². The van der Waals surface area contributed by atoms with E-state index in [1.54, 1.807) is 57.9 Å². The Balaban J connectivity index is 1.75. The summed E-state index contributed by atoms with van der Waals surface area (Å²) in [5, 5.41) is 11.7. The van der Waals surface area contributed by atoms with Crippen molar-refractivity contribution in [1.82, 2.24) is 15.3 Å². The smallest absolute Gasteiger partial charge is 0.337 e. The van der Waals surface area contributed by atoms with Crippen LogP contribution in [-0.4, -0.2) is 55.0 Å². The molecule has 2 aromatic carbocycles. The molecule has 2 N–H and O–H groups in total. The average molecular weight is 474 g/mol. The molecule has 0 fully saturated rings. The molecule has 0 saturated carbocycles. The number of carbonyl (C=O) groups excluding carboxylic acids is 2. The number of anilines is 1. The number of nitrogens with one attached hydrogen (secondary N) is 2. The number of hydrogen-bond donors (Lipinski definition) is 2. The number of hydrazone groups is 1. The van der Waals surface area contributed by atoms with E-state index in [2.05, 4.69) is 15.6 Å². The highest BCUT2D eigenvalue weighted by Gasteiger charge is 2.28. The Morgan fingerprint density at radius 1 is 1.00 bits per heavy atom. The van der Waals surface area contributed by atoms with Gasteiger partial charge in [0.1, 0.15) is 0 Å². The van der Waals surface area contributed by atoms with E-state index >= 15 is 0 Å². The van der Waals surface area contributed by atoms with Gasteiger partial charge in [-0.3, -0.25) is 9.78 Å². The van der Waals surface area contributed by atoms with E-state index in [1.807, 2.05) is 31.2 Å². The number of amides is 3. The van der Waals surface area contributed by atoms with Crippen LogP contribution in [0.5, 0.6) is 11.5 Å². The fourth-order valence-electron chi connectivity index (χ4n) is 3.97. The van der Waals surface area contributed by atoms with Gasteiger partial charge in [-0.15, -0.1) is 0 Å². The first kappa shape index (κ1) is 23.7. The fraction of sp³-hybridized carbons (Fsp3) is 0.231. The van der Waals surface area contributed by atoms with E-state index in [0.717, 1.165) is 16.7 Å². The second-order valence-electron chi connectivity index (χ2n) is 8.03. The van der Waals surface area contributed by atoms with Crippen molar-refractivity contribution >= 4 is 23.3 Å². The Kier molecular flexibility index (Phi) is 6.96. The van der Waals surface area contributed by atoms with Crippen molar-refractivity contribution < 1.29 is 19.1 Å². The molecular formula is C26H27N5O4. The maximum absolute atomic E-state index is 12.7. The van der Waals surface area contributed by atoms with Crippen LogP contribution in [0.2, 0.25) is 0 Å². The second-order valence-corrected chi connectivity index (χ2v) is 8.03. The van der Waals surface area contributed by atoms with Crippen molar-refractivity contribution in [3.05, 3.63) is 83.2 Å². The molecule has 0 radical (unpaired) electrons. The van der Waals surface area contributed by atoms with Crippen LogP contribution in [0.1, 0.15) is 34.0 Å². The third kappa shape index (κ3) is 4.93. The Morgan fingerprint density at radius 2 is 1.66 bits per heavy atom. The molecule has 1 aliphatic rings. The van der Waals surface area contributed by atoms with Crippen LogP contribution in [0.25, 0.3) is 0 Å². The van der Waals surface area contributed by atoms with Gasteiger partial charge in [-0.2, -0.15) is 5.10 Å². The Bertz CT molecular complexity index is 1260. The van der Waals surface area contributed by atoms with E-state index < -0.39 is 0 Å². The van der Waals surface area contributed by atoms with Gasteiger partial charge in [0.05, 0.1) is 26.0 Å². The molecule has 4 rings (SSSR count). The third-order valence-electron chi connectivity index (χ3n) is 5.79. The molecule has 1 atom stereocenters. The Morgan fingerprint density at radius 3 is 2.29 bits per heavy atom. The molecular weight excluding hydrogens is 446 g/mol. The topological polar surface area (TPSA) is 105 Å². The lowest BCUT2D eigenvalue weighted by Gasteiger charge is -2.22. The third-order valence-corrected chi connectivity index (χ3v) is 5.79. The van der Waals surface area contributed by atoms with Gasteiger partial charge in [-0.1, -0.05) is 12.1 Å². The zero-order chi connectivity index (χ0) is 24.9. The van der Waals surface area contributed by atoms with Crippen LogP contribution in [0.15, 0.2) is 66.0 Å². The van der Waals surface area contributed by atoms with Gasteiger partial charge < -0.3 is 20.1 Å². The summed E-state index contributed by atoms with van der Waals surface area (Å²) < 4.78 is 11.0. The largest absolute Gasteiger partial charge is 0.493 e. The molecule has 1 aromatic heterocycles. The number of nitrogens with zero attached hydrogens (tertiary/aromatic N) is 3. The number of ether oxygens (including phenoxy) is 2. The zero-order valence-corrected chi connectivity index (χ0v) is 20.0. The first-order chi connectivity index (χ1) is 16.9. The average Bonchev–Trinajstić information content (AvgIpc) is 3.03. The first-order valence-electron chi connectivity index (χ1n) is 11.1. The van der Waals surface area contributed by atoms with E-state index in [-0.39, 0.29) is 18.0 Å². The van der Waals surface area contributed by atoms with Gasteiger partial charge in [-0.25, -0.2) is 9.80 Å². The molecule has 2 heterocycles. The second kappa shape index (κ2) is 10.3. The summed E-state index contributed by atoms with van der Waals surface area (Å²) >= 11 is 0. The predicted molar refractivity (Wildman–Crippen MR) is 133 cm³/mol. The summed E-state index contributed by atoms with van der Waals surface area (Å²) in [6.45, 7) is 1.94. The van der Waals surface area contributed by atoms with Crippen molar-refractivity contribution in [3.8, 4) is 11.5 Å². The van der Waals surface area contributed by atoms with Crippen molar-refractivity contribution in [3.63, 3.8) is 0 Å². The number of urea groups is 1. The van der Waals surface area contributed by atoms with E-state index in [1.165, 1.54) is 5.01 Å². The summed E-state index contributed by atoms with van der Waals surface area (Å²) in [6.07, 6.45) is 3.80. The molecule has 1 aliphatic heterocycles. The van der Waals surface area contributed by atoms with Crippen LogP contribution in [0.3, 0.4) is 0 Å².